The third-order valence-corrected chi connectivity index (χ3v) is 5.29. The summed E-state index contributed by atoms with van der Waals surface area (Å²) in [4.78, 5) is 16.7. The molecule has 0 radical (unpaired) electrons. The number of aromatic amines is 1. The lowest BCUT2D eigenvalue weighted by Crippen LogP contribution is -2.30. The van der Waals surface area contributed by atoms with Crippen LogP contribution in [0.5, 0.6) is 0 Å². The van der Waals surface area contributed by atoms with Gasteiger partial charge in [-0.25, -0.2) is 23.5 Å². The van der Waals surface area contributed by atoms with E-state index in [2.05, 4.69) is 25.6 Å². The van der Waals surface area contributed by atoms with Gasteiger partial charge in [-0.15, -0.1) is 0 Å². The van der Waals surface area contributed by atoms with Crippen molar-refractivity contribution in [1.29, 1.82) is 0 Å². The lowest BCUT2D eigenvalue weighted by molar-refractivity contribution is 0.265. The summed E-state index contributed by atoms with van der Waals surface area (Å²) in [5.74, 6) is -0.985. The topological polar surface area (TPSA) is 109 Å². The second-order valence-electron chi connectivity index (χ2n) is 7.03. The first kappa shape index (κ1) is 18.4. The Morgan fingerprint density at radius 1 is 1.13 bits per heavy atom. The molecule has 0 unspecified atom stereocenters. The number of rotatable bonds is 4. The molecule has 5 rings (SSSR count). The first-order valence-electron chi connectivity index (χ1n) is 9.29. The minimum atomic E-state index is -0.563. The first-order chi connectivity index (χ1) is 14.6. The van der Waals surface area contributed by atoms with Gasteiger partial charge in [0.15, 0.2) is 0 Å². The zero-order valence-corrected chi connectivity index (χ0v) is 15.5. The highest BCUT2D eigenvalue weighted by Crippen LogP contribution is 2.45. The summed E-state index contributed by atoms with van der Waals surface area (Å²) in [6.45, 7) is 0.0682. The highest BCUT2D eigenvalue weighted by atomic mass is 19.1. The fourth-order valence-corrected chi connectivity index (χ4v) is 4.03. The number of aliphatic hydroxyl groups excluding tert-OH is 1. The Morgan fingerprint density at radius 3 is 2.70 bits per heavy atom. The van der Waals surface area contributed by atoms with Crippen molar-refractivity contribution in [3.8, 4) is 0 Å². The molecule has 2 atom stereocenters. The molecule has 0 saturated carbocycles. The Hall–Kier alpha value is -3.66. The summed E-state index contributed by atoms with van der Waals surface area (Å²) in [5, 5.41) is 24.2. The Labute approximate surface area is 168 Å². The van der Waals surface area contributed by atoms with E-state index in [4.69, 9.17) is 0 Å². The van der Waals surface area contributed by atoms with Crippen LogP contribution in [-0.4, -0.2) is 36.7 Å². The molecule has 0 aliphatic carbocycles. The standard InChI is InChI=1S/C20H16F2N6O2/c21-11-3-1-10(2-4-11)17-16(19-23-9-24-28(19)5-6-29)18-15-13(20(30)27-26-18)7-12(22)8-14(15)25-17/h1-4,7-9,16-17,25,29H,5-6H2,(H,27,30)/t16-,17-/m1/s1. The average molecular weight is 410 g/mol. The van der Waals surface area contributed by atoms with Gasteiger partial charge in [0.05, 0.1) is 36.2 Å². The van der Waals surface area contributed by atoms with Gasteiger partial charge in [0.25, 0.3) is 5.56 Å². The van der Waals surface area contributed by atoms with E-state index in [-0.39, 0.29) is 24.4 Å². The summed E-state index contributed by atoms with van der Waals surface area (Å²) in [5.41, 5.74) is 1.11. The molecule has 30 heavy (non-hydrogen) atoms. The molecule has 2 aromatic carbocycles. The van der Waals surface area contributed by atoms with Crippen LogP contribution in [0.2, 0.25) is 0 Å². The molecular formula is C20H16F2N6O2. The third kappa shape index (κ3) is 2.84. The van der Waals surface area contributed by atoms with Crippen molar-refractivity contribution < 1.29 is 13.9 Å². The van der Waals surface area contributed by atoms with Crippen molar-refractivity contribution in [3.05, 3.63) is 81.8 Å². The molecule has 0 fully saturated rings. The number of benzene rings is 2. The lowest BCUT2D eigenvalue weighted by atomic mass is 9.83. The fraction of sp³-hybridized carbons (Fsp3) is 0.200. The van der Waals surface area contributed by atoms with Crippen molar-refractivity contribution >= 4 is 16.5 Å². The van der Waals surface area contributed by atoms with Gasteiger partial charge in [0.1, 0.15) is 23.8 Å². The molecule has 152 valence electrons. The number of anilines is 1. The quantitative estimate of drug-likeness (QED) is 0.475. The van der Waals surface area contributed by atoms with E-state index in [0.29, 0.717) is 22.6 Å². The summed E-state index contributed by atoms with van der Waals surface area (Å²) in [6.07, 6.45) is 1.37. The number of aliphatic hydroxyl groups is 1. The van der Waals surface area contributed by atoms with Gasteiger partial charge in [0.2, 0.25) is 0 Å². The Balaban J connectivity index is 1.80. The van der Waals surface area contributed by atoms with Gasteiger partial charge >= 0.3 is 0 Å². The number of nitrogens with zero attached hydrogens (tertiary/aromatic N) is 4. The maximum Gasteiger partial charge on any atom is 0.272 e. The largest absolute Gasteiger partial charge is 0.394 e. The van der Waals surface area contributed by atoms with Crippen molar-refractivity contribution in [3.63, 3.8) is 0 Å². The molecule has 2 aromatic heterocycles. The molecule has 0 bridgehead atoms. The van der Waals surface area contributed by atoms with E-state index in [1.165, 1.54) is 24.5 Å². The highest BCUT2D eigenvalue weighted by molar-refractivity contribution is 5.97. The molecule has 0 amide bonds. The minimum absolute atomic E-state index is 0.145. The van der Waals surface area contributed by atoms with Gasteiger partial charge in [-0.3, -0.25) is 4.79 Å². The van der Waals surface area contributed by atoms with Crippen molar-refractivity contribution in [1.82, 2.24) is 25.0 Å². The summed E-state index contributed by atoms with van der Waals surface area (Å²) in [6, 6.07) is 7.90. The Kier molecular flexibility index (Phi) is 4.28. The molecule has 3 heterocycles. The predicted octanol–water partition coefficient (Wildman–Crippen LogP) is 2.08. The van der Waals surface area contributed by atoms with Crippen LogP contribution >= 0.6 is 0 Å². The molecule has 0 saturated heterocycles. The maximum atomic E-state index is 14.2. The normalized spacial score (nSPS) is 17.8. The van der Waals surface area contributed by atoms with Gasteiger partial charge < -0.3 is 10.4 Å². The number of hydrogen-bond donors (Lipinski definition) is 3. The SMILES string of the molecule is O=c1[nH]nc2c3c(cc(F)cc13)N[C@H](c1ccc(F)cc1)[C@H]2c1ncnn1CCO. The molecule has 10 heteroatoms. The van der Waals surface area contributed by atoms with E-state index in [1.54, 1.807) is 16.8 Å². The summed E-state index contributed by atoms with van der Waals surface area (Å²) in [7, 11) is 0. The van der Waals surface area contributed by atoms with Gasteiger partial charge in [-0.05, 0) is 29.8 Å². The minimum Gasteiger partial charge on any atom is -0.394 e. The van der Waals surface area contributed by atoms with Crippen LogP contribution in [0, 0.1) is 11.6 Å². The average Bonchev–Trinajstić information content (AvgIpc) is 3.18. The second kappa shape index (κ2) is 6.99. The number of aromatic nitrogens is 5. The smallest absolute Gasteiger partial charge is 0.272 e. The van der Waals surface area contributed by atoms with Crippen LogP contribution in [0.1, 0.15) is 29.0 Å². The van der Waals surface area contributed by atoms with Crippen molar-refractivity contribution in [2.45, 2.75) is 18.5 Å². The zero-order valence-electron chi connectivity index (χ0n) is 15.5. The summed E-state index contributed by atoms with van der Waals surface area (Å²) >= 11 is 0. The maximum absolute atomic E-state index is 14.2. The van der Waals surface area contributed by atoms with Crippen LogP contribution in [0.4, 0.5) is 14.5 Å². The van der Waals surface area contributed by atoms with Crippen LogP contribution in [0.25, 0.3) is 10.8 Å². The molecule has 1 aliphatic rings. The number of halogens is 2. The second-order valence-corrected chi connectivity index (χ2v) is 7.03. The van der Waals surface area contributed by atoms with Crippen LogP contribution in [-0.2, 0) is 6.54 Å². The zero-order chi connectivity index (χ0) is 20.8. The van der Waals surface area contributed by atoms with E-state index in [1.807, 2.05) is 0 Å². The summed E-state index contributed by atoms with van der Waals surface area (Å²) < 4.78 is 29.3. The van der Waals surface area contributed by atoms with Crippen molar-refractivity contribution in [2.75, 3.05) is 11.9 Å². The third-order valence-electron chi connectivity index (χ3n) is 5.29. The molecule has 8 nitrogen and oxygen atoms in total. The molecule has 0 spiro atoms. The molecule has 3 N–H and O–H groups in total. The van der Waals surface area contributed by atoms with Gasteiger partial charge in [0, 0.05) is 11.1 Å². The molecular weight excluding hydrogens is 394 g/mol. The van der Waals surface area contributed by atoms with Crippen LogP contribution in [0.3, 0.4) is 0 Å². The number of hydrogen-bond acceptors (Lipinski definition) is 6. The lowest BCUT2D eigenvalue weighted by Gasteiger charge is -2.34. The predicted molar refractivity (Wildman–Crippen MR) is 104 cm³/mol. The molecule has 4 aromatic rings. The van der Waals surface area contributed by atoms with E-state index < -0.39 is 23.3 Å². The Bertz CT molecular complexity index is 1300. The Morgan fingerprint density at radius 2 is 1.93 bits per heavy atom. The fourth-order valence-electron chi connectivity index (χ4n) is 4.03. The highest BCUT2D eigenvalue weighted by Gasteiger charge is 2.38. The van der Waals surface area contributed by atoms with E-state index in [0.717, 1.165) is 11.6 Å². The van der Waals surface area contributed by atoms with Crippen LogP contribution < -0.4 is 10.9 Å². The number of nitrogens with one attached hydrogen (secondary N) is 2. The van der Waals surface area contributed by atoms with Gasteiger partial charge in [-0.2, -0.15) is 10.2 Å². The number of H-pyrrole nitrogens is 1. The first-order valence-corrected chi connectivity index (χ1v) is 9.29. The van der Waals surface area contributed by atoms with Gasteiger partial charge in [-0.1, -0.05) is 12.1 Å². The van der Waals surface area contributed by atoms with E-state index in [9.17, 15) is 18.7 Å². The van der Waals surface area contributed by atoms with Crippen molar-refractivity contribution in [2.24, 2.45) is 0 Å². The molecule has 1 aliphatic heterocycles. The van der Waals surface area contributed by atoms with Crippen LogP contribution in [0.15, 0.2) is 47.5 Å². The van der Waals surface area contributed by atoms with E-state index >= 15 is 0 Å². The monoisotopic (exact) mass is 410 g/mol.